The summed E-state index contributed by atoms with van der Waals surface area (Å²) in [6.45, 7) is 3.71. The average Bonchev–Trinajstić information content (AvgIpc) is 2.19. The number of methoxy groups -OCH3 is 1. The highest BCUT2D eigenvalue weighted by atomic mass is 16.5. The first-order chi connectivity index (χ1) is 6.31. The fourth-order valence-electron chi connectivity index (χ4n) is 1.25. The third-order valence-electron chi connectivity index (χ3n) is 1.95. The van der Waals surface area contributed by atoms with Gasteiger partial charge in [-0.2, -0.15) is 0 Å². The van der Waals surface area contributed by atoms with Gasteiger partial charge >= 0.3 is 0 Å². The molecule has 2 nitrogen and oxygen atoms in total. The minimum absolute atomic E-state index is 0.872. The van der Waals surface area contributed by atoms with Gasteiger partial charge < -0.3 is 10.1 Å². The van der Waals surface area contributed by atoms with Crippen LogP contribution in [0.5, 0.6) is 5.75 Å². The van der Waals surface area contributed by atoms with Crippen LogP contribution in [0.25, 0.3) is 0 Å². The molecular formula is C11H15NO. The second-order valence-electron chi connectivity index (χ2n) is 2.77. The van der Waals surface area contributed by atoms with Gasteiger partial charge in [-0.15, -0.1) is 6.58 Å². The summed E-state index contributed by atoms with van der Waals surface area (Å²) >= 11 is 0. The smallest absolute Gasteiger partial charge is 0.120 e. The number of benzene rings is 1. The number of allylic oxidation sites excluding steroid dienone is 1. The Morgan fingerprint density at radius 1 is 1.54 bits per heavy atom. The maximum absolute atomic E-state index is 5.12. The lowest BCUT2D eigenvalue weighted by atomic mass is 10.1. The van der Waals surface area contributed by atoms with Crippen molar-refractivity contribution in [1.82, 2.24) is 0 Å². The van der Waals surface area contributed by atoms with Crippen molar-refractivity contribution in [3.63, 3.8) is 0 Å². The molecule has 0 aliphatic carbocycles. The van der Waals surface area contributed by atoms with Crippen LogP contribution < -0.4 is 10.1 Å². The molecule has 0 aliphatic rings. The van der Waals surface area contributed by atoms with E-state index < -0.39 is 0 Å². The molecule has 0 aliphatic heterocycles. The van der Waals surface area contributed by atoms with Crippen LogP contribution in [0, 0.1) is 0 Å². The van der Waals surface area contributed by atoms with Gasteiger partial charge in [0.05, 0.1) is 7.11 Å². The molecule has 0 aromatic heterocycles. The Bertz CT molecular complexity index is 294. The number of hydrogen-bond acceptors (Lipinski definition) is 2. The number of rotatable bonds is 4. The Kier molecular flexibility index (Phi) is 3.38. The van der Waals surface area contributed by atoms with Crippen LogP contribution in [0.1, 0.15) is 5.56 Å². The SMILES string of the molecule is C=CCc1ccc(OC)cc1NC. The Morgan fingerprint density at radius 3 is 2.85 bits per heavy atom. The Morgan fingerprint density at radius 2 is 2.31 bits per heavy atom. The van der Waals surface area contributed by atoms with Gasteiger partial charge in [0.25, 0.3) is 0 Å². The number of hydrogen-bond donors (Lipinski definition) is 1. The quantitative estimate of drug-likeness (QED) is 0.713. The fraction of sp³-hybridized carbons (Fsp3) is 0.273. The first-order valence-electron chi connectivity index (χ1n) is 4.27. The molecule has 2 heteroatoms. The molecule has 0 atom stereocenters. The van der Waals surface area contributed by atoms with Gasteiger partial charge in [-0.3, -0.25) is 0 Å². The zero-order valence-corrected chi connectivity index (χ0v) is 8.13. The number of ether oxygens (including phenoxy) is 1. The van der Waals surface area contributed by atoms with E-state index in [2.05, 4.69) is 11.9 Å². The van der Waals surface area contributed by atoms with Gasteiger partial charge in [-0.25, -0.2) is 0 Å². The maximum Gasteiger partial charge on any atom is 0.120 e. The lowest BCUT2D eigenvalue weighted by Gasteiger charge is -2.09. The summed E-state index contributed by atoms with van der Waals surface area (Å²) in [6, 6.07) is 5.99. The first kappa shape index (κ1) is 9.65. The third kappa shape index (κ3) is 2.25. The molecule has 0 radical (unpaired) electrons. The van der Waals surface area contributed by atoms with Crippen molar-refractivity contribution in [2.24, 2.45) is 0 Å². The van der Waals surface area contributed by atoms with E-state index in [-0.39, 0.29) is 0 Å². The van der Waals surface area contributed by atoms with E-state index >= 15 is 0 Å². The summed E-state index contributed by atoms with van der Waals surface area (Å²) in [5.74, 6) is 0.872. The monoisotopic (exact) mass is 177 g/mol. The largest absolute Gasteiger partial charge is 0.497 e. The van der Waals surface area contributed by atoms with Crippen molar-refractivity contribution in [3.05, 3.63) is 36.4 Å². The van der Waals surface area contributed by atoms with Crippen LogP contribution in [0.3, 0.4) is 0 Å². The standard InChI is InChI=1S/C11H15NO/c1-4-5-9-6-7-10(13-3)8-11(9)12-2/h4,6-8,12H,1,5H2,2-3H3. The minimum Gasteiger partial charge on any atom is -0.497 e. The minimum atomic E-state index is 0.872. The summed E-state index contributed by atoms with van der Waals surface area (Å²) in [6.07, 6.45) is 2.77. The average molecular weight is 177 g/mol. The lowest BCUT2D eigenvalue weighted by Crippen LogP contribution is -1.95. The highest BCUT2D eigenvalue weighted by molar-refractivity contribution is 5.55. The van der Waals surface area contributed by atoms with Crippen molar-refractivity contribution >= 4 is 5.69 Å². The summed E-state index contributed by atoms with van der Waals surface area (Å²) < 4.78 is 5.12. The zero-order valence-electron chi connectivity index (χ0n) is 8.13. The molecule has 0 saturated heterocycles. The summed E-state index contributed by atoms with van der Waals surface area (Å²) in [7, 11) is 3.57. The van der Waals surface area contributed by atoms with Gasteiger partial charge in [-0.1, -0.05) is 12.1 Å². The summed E-state index contributed by atoms with van der Waals surface area (Å²) in [5.41, 5.74) is 2.33. The van der Waals surface area contributed by atoms with E-state index in [1.165, 1.54) is 5.56 Å². The second-order valence-corrected chi connectivity index (χ2v) is 2.77. The third-order valence-corrected chi connectivity index (χ3v) is 1.95. The van der Waals surface area contributed by atoms with Gasteiger partial charge in [0, 0.05) is 18.8 Å². The molecule has 0 heterocycles. The Labute approximate surface area is 79.2 Å². The Balaban J connectivity index is 3.00. The predicted octanol–water partition coefficient (Wildman–Crippen LogP) is 2.47. The number of anilines is 1. The van der Waals surface area contributed by atoms with E-state index in [1.807, 2.05) is 31.3 Å². The van der Waals surface area contributed by atoms with Gasteiger partial charge in [-0.05, 0) is 18.1 Å². The summed E-state index contributed by atoms with van der Waals surface area (Å²) in [5, 5.41) is 3.13. The molecule has 0 amide bonds. The van der Waals surface area contributed by atoms with E-state index in [0.29, 0.717) is 0 Å². The molecule has 13 heavy (non-hydrogen) atoms. The number of nitrogens with one attached hydrogen (secondary N) is 1. The van der Waals surface area contributed by atoms with Gasteiger partial charge in [0.1, 0.15) is 5.75 Å². The lowest BCUT2D eigenvalue weighted by molar-refractivity contribution is 0.415. The first-order valence-corrected chi connectivity index (χ1v) is 4.27. The highest BCUT2D eigenvalue weighted by Gasteiger charge is 2.00. The summed E-state index contributed by atoms with van der Waals surface area (Å²) in [4.78, 5) is 0. The van der Waals surface area contributed by atoms with E-state index in [0.717, 1.165) is 17.9 Å². The van der Waals surface area contributed by atoms with E-state index in [1.54, 1.807) is 7.11 Å². The molecule has 1 aromatic rings. The molecule has 0 saturated carbocycles. The molecule has 1 aromatic carbocycles. The molecule has 0 unspecified atom stereocenters. The van der Waals surface area contributed by atoms with Crippen LogP contribution in [0.4, 0.5) is 5.69 Å². The van der Waals surface area contributed by atoms with Crippen molar-refractivity contribution in [1.29, 1.82) is 0 Å². The van der Waals surface area contributed by atoms with Gasteiger partial charge in [0.2, 0.25) is 0 Å². The van der Waals surface area contributed by atoms with Crippen LogP contribution in [0.2, 0.25) is 0 Å². The maximum atomic E-state index is 5.12. The van der Waals surface area contributed by atoms with Crippen molar-refractivity contribution in [2.45, 2.75) is 6.42 Å². The van der Waals surface area contributed by atoms with Crippen molar-refractivity contribution < 1.29 is 4.74 Å². The van der Waals surface area contributed by atoms with Crippen molar-refractivity contribution in [2.75, 3.05) is 19.5 Å². The van der Waals surface area contributed by atoms with E-state index in [4.69, 9.17) is 4.74 Å². The fourth-order valence-corrected chi connectivity index (χ4v) is 1.25. The van der Waals surface area contributed by atoms with Crippen LogP contribution in [0.15, 0.2) is 30.9 Å². The highest BCUT2D eigenvalue weighted by Crippen LogP contribution is 2.22. The molecule has 0 spiro atoms. The topological polar surface area (TPSA) is 21.3 Å². The normalized spacial score (nSPS) is 9.38. The van der Waals surface area contributed by atoms with E-state index in [9.17, 15) is 0 Å². The van der Waals surface area contributed by atoms with Gasteiger partial charge in [0.15, 0.2) is 0 Å². The Hall–Kier alpha value is -1.44. The molecule has 0 bridgehead atoms. The second kappa shape index (κ2) is 4.55. The molecule has 70 valence electrons. The molecule has 0 fully saturated rings. The van der Waals surface area contributed by atoms with Crippen LogP contribution >= 0.6 is 0 Å². The van der Waals surface area contributed by atoms with Crippen LogP contribution in [-0.2, 0) is 6.42 Å². The predicted molar refractivity (Wildman–Crippen MR) is 56.4 cm³/mol. The molecule has 1 N–H and O–H groups in total. The molecule has 1 rings (SSSR count). The zero-order chi connectivity index (χ0) is 9.68. The van der Waals surface area contributed by atoms with Crippen molar-refractivity contribution in [3.8, 4) is 5.75 Å². The van der Waals surface area contributed by atoms with Crippen LogP contribution in [-0.4, -0.2) is 14.2 Å². The molecular weight excluding hydrogens is 162 g/mol.